The minimum atomic E-state index is -0.199. The summed E-state index contributed by atoms with van der Waals surface area (Å²) in [5, 5.41) is 6.15. The number of carbonyl (C=O) groups is 1. The van der Waals surface area contributed by atoms with Crippen molar-refractivity contribution < 1.29 is 9.53 Å². The summed E-state index contributed by atoms with van der Waals surface area (Å²) in [6.07, 6.45) is 1.69. The lowest BCUT2D eigenvalue weighted by Gasteiger charge is -2.11. The van der Waals surface area contributed by atoms with Gasteiger partial charge < -0.3 is 15.4 Å². The number of anilines is 2. The Morgan fingerprint density at radius 1 is 1.04 bits per heavy atom. The van der Waals surface area contributed by atoms with Crippen molar-refractivity contribution in [3.8, 4) is 5.75 Å². The summed E-state index contributed by atoms with van der Waals surface area (Å²) in [4.78, 5) is 16.8. The van der Waals surface area contributed by atoms with Gasteiger partial charge >= 0.3 is 0 Å². The SMILES string of the molecule is Cc1ccccc1CNc1ccc(C(=O)Nc2ccc(OC(C)C)cc2)cn1. The molecule has 1 heterocycles. The van der Waals surface area contributed by atoms with Gasteiger partial charge in [-0.1, -0.05) is 24.3 Å². The zero-order chi connectivity index (χ0) is 19.9. The van der Waals surface area contributed by atoms with E-state index in [1.165, 1.54) is 11.1 Å². The van der Waals surface area contributed by atoms with Crippen LogP contribution in [0, 0.1) is 6.92 Å². The molecule has 0 fully saturated rings. The largest absolute Gasteiger partial charge is 0.491 e. The molecular weight excluding hydrogens is 350 g/mol. The lowest BCUT2D eigenvalue weighted by molar-refractivity contribution is 0.102. The molecule has 0 aliphatic heterocycles. The molecule has 3 rings (SSSR count). The Bertz CT molecular complexity index is 919. The van der Waals surface area contributed by atoms with Crippen LogP contribution in [0.2, 0.25) is 0 Å². The summed E-state index contributed by atoms with van der Waals surface area (Å²) in [5.74, 6) is 1.31. The van der Waals surface area contributed by atoms with Crippen LogP contribution in [0.5, 0.6) is 5.75 Å². The highest BCUT2D eigenvalue weighted by Gasteiger charge is 2.08. The van der Waals surface area contributed by atoms with Gasteiger partial charge in [-0.25, -0.2) is 4.98 Å². The molecule has 0 aliphatic carbocycles. The first kappa shape index (κ1) is 19.4. The van der Waals surface area contributed by atoms with Crippen molar-refractivity contribution in [2.75, 3.05) is 10.6 Å². The van der Waals surface area contributed by atoms with Crippen LogP contribution in [0.15, 0.2) is 66.9 Å². The molecule has 0 saturated heterocycles. The fraction of sp³-hybridized carbons (Fsp3) is 0.217. The summed E-state index contributed by atoms with van der Waals surface area (Å²) in [6.45, 7) is 6.72. The van der Waals surface area contributed by atoms with Crippen molar-refractivity contribution >= 4 is 17.4 Å². The van der Waals surface area contributed by atoms with E-state index in [-0.39, 0.29) is 12.0 Å². The Hall–Kier alpha value is -3.34. The van der Waals surface area contributed by atoms with E-state index in [4.69, 9.17) is 4.74 Å². The first-order valence-electron chi connectivity index (χ1n) is 9.34. The van der Waals surface area contributed by atoms with Crippen LogP contribution in [-0.2, 0) is 6.54 Å². The highest BCUT2D eigenvalue weighted by atomic mass is 16.5. The number of amides is 1. The molecule has 0 atom stereocenters. The van der Waals surface area contributed by atoms with Gasteiger partial charge in [0.05, 0.1) is 11.7 Å². The highest BCUT2D eigenvalue weighted by molar-refractivity contribution is 6.04. The van der Waals surface area contributed by atoms with Gasteiger partial charge in [-0.05, 0) is 68.3 Å². The fourth-order valence-electron chi connectivity index (χ4n) is 2.72. The van der Waals surface area contributed by atoms with E-state index in [1.54, 1.807) is 12.3 Å². The predicted octanol–water partition coefficient (Wildman–Crippen LogP) is 5.04. The number of pyridine rings is 1. The van der Waals surface area contributed by atoms with Gasteiger partial charge in [-0.2, -0.15) is 0 Å². The Morgan fingerprint density at radius 3 is 2.43 bits per heavy atom. The number of aryl methyl sites for hydroxylation is 1. The third-order valence-corrected chi connectivity index (χ3v) is 4.23. The predicted molar refractivity (Wildman–Crippen MR) is 113 cm³/mol. The maximum absolute atomic E-state index is 12.4. The second kappa shape index (κ2) is 9.04. The van der Waals surface area contributed by atoms with E-state index in [0.29, 0.717) is 17.8 Å². The molecule has 0 radical (unpaired) electrons. The molecule has 144 valence electrons. The molecule has 1 aromatic heterocycles. The van der Waals surface area contributed by atoms with Crippen LogP contribution in [0.25, 0.3) is 0 Å². The third-order valence-electron chi connectivity index (χ3n) is 4.23. The first-order valence-corrected chi connectivity index (χ1v) is 9.34. The van der Waals surface area contributed by atoms with E-state index in [0.717, 1.165) is 11.6 Å². The van der Waals surface area contributed by atoms with Gasteiger partial charge in [0.25, 0.3) is 5.91 Å². The standard InChI is InChI=1S/C23H25N3O2/c1-16(2)28-21-11-9-20(10-12-21)26-23(27)19-8-13-22(25-15-19)24-14-18-7-5-4-6-17(18)3/h4-13,15-16H,14H2,1-3H3,(H,24,25)(H,26,27). The van der Waals surface area contributed by atoms with Crippen LogP contribution < -0.4 is 15.4 Å². The van der Waals surface area contributed by atoms with Gasteiger partial charge in [0.2, 0.25) is 0 Å². The second-order valence-electron chi connectivity index (χ2n) is 6.86. The average Bonchev–Trinajstić information content (AvgIpc) is 2.69. The number of nitrogens with zero attached hydrogens (tertiary/aromatic N) is 1. The number of hydrogen-bond donors (Lipinski definition) is 2. The Labute approximate surface area is 165 Å². The minimum absolute atomic E-state index is 0.115. The van der Waals surface area contributed by atoms with Gasteiger partial charge in [0, 0.05) is 18.4 Å². The number of rotatable bonds is 7. The van der Waals surface area contributed by atoms with Gasteiger partial charge in [0.15, 0.2) is 0 Å². The summed E-state index contributed by atoms with van der Waals surface area (Å²) in [5.41, 5.74) is 3.67. The fourth-order valence-corrected chi connectivity index (χ4v) is 2.72. The van der Waals surface area contributed by atoms with E-state index >= 15 is 0 Å². The maximum atomic E-state index is 12.4. The van der Waals surface area contributed by atoms with E-state index in [9.17, 15) is 4.79 Å². The highest BCUT2D eigenvalue weighted by Crippen LogP contribution is 2.18. The number of nitrogens with one attached hydrogen (secondary N) is 2. The average molecular weight is 375 g/mol. The van der Waals surface area contributed by atoms with Crippen molar-refractivity contribution in [3.63, 3.8) is 0 Å². The maximum Gasteiger partial charge on any atom is 0.257 e. The second-order valence-corrected chi connectivity index (χ2v) is 6.86. The molecule has 0 unspecified atom stereocenters. The van der Waals surface area contributed by atoms with Crippen LogP contribution >= 0.6 is 0 Å². The first-order chi connectivity index (χ1) is 13.5. The molecule has 2 aromatic carbocycles. The molecule has 0 bridgehead atoms. The number of carbonyl (C=O) groups excluding carboxylic acids is 1. The van der Waals surface area contributed by atoms with E-state index in [1.807, 2.05) is 56.3 Å². The summed E-state index contributed by atoms with van der Waals surface area (Å²) in [7, 11) is 0. The van der Waals surface area contributed by atoms with Crippen LogP contribution in [0.1, 0.15) is 35.3 Å². The lowest BCUT2D eigenvalue weighted by atomic mass is 10.1. The van der Waals surface area contributed by atoms with Crippen molar-refractivity contribution in [2.45, 2.75) is 33.4 Å². The van der Waals surface area contributed by atoms with Gasteiger partial charge in [-0.3, -0.25) is 4.79 Å². The summed E-state index contributed by atoms with van der Waals surface area (Å²) >= 11 is 0. The van der Waals surface area contributed by atoms with E-state index in [2.05, 4.69) is 34.7 Å². The summed E-state index contributed by atoms with van der Waals surface area (Å²) < 4.78 is 5.60. The molecule has 5 heteroatoms. The normalized spacial score (nSPS) is 10.6. The van der Waals surface area contributed by atoms with Crippen LogP contribution in [0.3, 0.4) is 0 Å². The van der Waals surface area contributed by atoms with E-state index < -0.39 is 0 Å². The molecular formula is C23H25N3O2. The van der Waals surface area contributed by atoms with Crippen LogP contribution in [-0.4, -0.2) is 17.0 Å². The Morgan fingerprint density at radius 2 is 1.79 bits per heavy atom. The van der Waals surface area contributed by atoms with Crippen LogP contribution in [0.4, 0.5) is 11.5 Å². The zero-order valence-electron chi connectivity index (χ0n) is 16.4. The van der Waals surface area contributed by atoms with Crippen molar-refractivity contribution in [1.29, 1.82) is 0 Å². The van der Waals surface area contributed by atoms with Crippen molar-refractivity contribution in [2.24, 2.45) is 0 Å². The molecule has 0 spiro atoms. The number of hydrogen-bond acceptors (Lipinski definition) is 4. The number of aromatic nitrogens is 1. The van der Waals surface area contributed by atoms with Crippen molar-refractivity contribution in [1.82, 2.24) is 4.98 Å². The zero-order valence-corrected chi connectivity index (χ0v) is 16.4. The quantitative estimate of drug-likeness (QED) is 0.607. The molecule has 3 aromatic rings. The Balaban J connectivity index is 1.56. The minimum Gasteiger partial charge on any atom is -0.491 e. The molecule has 28 heavy (non-hydrogen) atoms. The van der Waals surface area contributed by atoms with Gasteiger partial charge in [0.1, 0.15) is 11.6 Å². The lowest BCUT2D eigenvalue weighted by Crippen LogP contribution is -2.12. The number of benzene rings is 2. The Kier molecular flexibility index (Phi) is 6.27. The third kappa shape index (κ3) is 5.33. The smallest absolute Gasteiger partial charge is 0.257 e. The summed E-state index contributed by atoms with van der Waals surface area (Å²) in [6, 6.07) is 19.1. The molecule has 0 saturated carbocycles. The monoisotopic (exact) mass is 375 g/mol. The topological polar surface area (TPSA) is 63.2 Å². The molecule has 5 nitrogen and oxygen atoms in total. The molecule has 2 N–H and O–H groups in total. The molecule has 0 aliphatic rings. The van der Waals surface area contributed by atoms with Crippen molar-refractivity contribution in [3.05, 3.63) is 83.6 Å². The molecule has 1 amide bonds. The van der Waals surface area contributed by atoms with Gasteiger partial charge in [-0.15, -0.1) is 0 Å². The number of ether oxygens (including phenoxy) is 1.